The topological polar surface area (TPSA) is 139 Å². The van der Waals surface area contributed by atoms with E-state index in [9.17, 15) is 32.4 Å². The number of ether oxygens (including phenoxy) is 1. The number of carbonyl (C=O) groups is 2. The van der Waals surface area contributed by atoms with Gasteiger partial charge in [0.2, 0.25) is 0 Å². The number of carbonyl (C=O) groups excluding carboxylic acids is 2. The molecule has 0 radical (unpaired) electrons. The van der Waals surface area contributed by atoms with Gasteiger partial charge in [0, 0.05) is 5.41 Å². The number of hydrogen-bond acceptors (Lipinski definition) is 8. The van der Waals surface area contributed by atoms with Gasteiger partial charge in [-0.25, -0.2) is 32.2 Å². The number of hydrogen-bond donors (Lipinski definition) is 1. The molecular weight excluding hydrogens is 654 g/mol. The maximum absolute atomic E-state index is 14.7. The second-order valence-electron chi connectivity index (χ2n) is 13.5. The number of aliphatic imine (C=N–C) groups is 1. The van der Waals surface area contributed by atoms with Gasteiger partial charge in [0.1, 0.15) is 12.9 Å². The normalized spacial score (nSPS) is 19.6. The van der Waals surface area contributed by atoms with E-state index < -0.39 is 65.5 Å². The monoisotopic (exact) mass is 687 g/mol. The molecule has 0 saturated heterocycles. The predicted octanol–water partition coefficient (Wildman–Crippen LogP) is 6.63. The summed E-state index contributed by atoms with van der Waals surface area (Å²) < 4.78 is 62.5. The Hall–Kier alpha value is -4.51. The molecule has 0 unspecified atom stereocenters. The number of benzene rings is 2. The number of amides is 1. The van der Waals surface area contributed by atoms with Gasteiger partial charge in [-0.15, -0.1) is 0 Å². The highest BCUT2D eigenvalue weighted by molar-refractivity contribution is 6.32. The average Bonchev–Trinajstić information content (AvgIpc) is 3.55. The SMILES string of the molecule is CC(C)(C)C[C@]1(c2ccc(C#N)cc2)N=C(N)N([C@H](COC(=O)CC2(C(C)(F)F)CC2)c2ccc(Cl)c(-n3ncnc3C(F)F)c2)C1=O. The smallest absolute Gasteiger partial charge is 0.306 e. The summed E-state index contributed by atoms with van der Waals surface area (Å²) in [6.45, 7) is 5.98. The van der Waals surface area contributed by atoms with E-state index in [0.717, 1.165) is 22.8 Å². The highest BCUT2D eigenvalue weighted by Gasteiger charge is 2.60. The lowest BCUT2D eigenvalue weighted by atomic mass is 9.75. The number of aromatic nitrogens is 3. The summed E-state index contributed by atoms with van der Waals surface area (Å²) in [7, 11) is 0. The van der Waals surface area contributed by atoms with Gasteiger partial charge >= 0.3 is 5.97 Å². The van der Waals surface area contributed by atoms with E-state index in [-0.39, 0.29) is 41.5 Å². The zero-order valence-electron chi connectivity index (χ0n) is 26.7. The standard InChI is InChI=1S/C33H34ClF4N7O3/c1-30(2,3)17-33(21-8-5-19(15-39)6-9-21)28(47)44(29(40)43-33)24(16-48-25(46)14-32(11-12-32)31(4,37)38)20-7-10-22(34)23(13-20)45-27(26(35)36)41-18-42-45/h5-10,13,18,24,26H,11-12,14,16-17H2,1-4H3,(H2,40,43)/t24-,33-/m1/s1. The van der Waals surface area contributed by atoms with Crippen LogP contribution in [-0.2, 0) is 19.9 Å². The zero-order chi connectivity index (χ0) is 35.2. The van der Waals surface area contributed by atoms with Gasteiger partial charge in [-0.2, -0.15) is 10.4 Å². The molecular formula is C33H34ClF4N7O3. The average molecular weight is 688 g/mol. The van der Waals surface area contributed by atoms with Crippen LogP contribution in [-0.4, -0.2) is 50.0 Å². The third-order valence-electron chi connectivity index (χ3n) is 8.74. The second-order valence-corrected chi connectivity index (χ2v) is 13.9. The maximum Gasteiger partial charge on any atom is 0.306 e. The van der Waals surface area contributed by atoms with Crippen LogP contribution in [0.3, 0.4) is 0 Å². The van der Waals surface area contributed by atoms with Crippen molar-refractivity contribution in [1.82, 2.24) is 19.7 Å². The maximum atomic E-state index is 14.7. The number of nitrogens with two attached hydrogens (primary N) is 1. The van der Waals surface area contributed by atoms with E-state index in [1.165, 1.54) is 18.2 Å². The minimum Gasteiger partial charge on any atom is -0.463 e. The second kappa shape index (κ2) is 12.5. The van der Waals surface area contributed by atoms with E-state index in [1.54, 1.807) is 24.3 Å². The first kappa shape index (κ1) is 34.8. The number of nitrogens with zero attached hydrogens (tertiary/aromatic N) is 6. The first-order valence-electron chi connectivity index (χ1n) is 15.1. The molecule has 1 aliphatic carbocycles. The van der Waals surface area contributed by atoms with Crippen molar-refractivity contribution < 1.29 is 31.9 Å². The van der Waals surface area contributed by atoms with Crippen LogP contribution >= 0.6 is 11.6 Å². The van der Waals surface area contributed by atoms with Crippen LogP contribution in [0.2, 0.25) is 5.02 Å². The Kier molecular flexibility index (Phi) is 9.07. The molecule has 2 atom stereocenters. The Labute approximate surface area is 279 Å². The van der Waals surface area contributed by atoms with Crippen molar-refractivity contribution in [3.63, 3.8) is 0 Å². The summed E-state index contributed by atoms with van der Waals surface area (Å²) in [6.07, 6.45) is -2.10. The van der Waals surface area contributed by atoms with Crippen molar-refractivity contribution >= 4 is 29.4 Å². The lowest BCUT2D eigenvalue weighted by Crippen LogP contribution is -2.47. The fourth-order valence-corrected chi connectivity index (χ4v) is 6.32. The van der Waals surface area contributed by atoms with Crippen LogP contribution in [0.5, 0.6) is 0 Å². The van der Waals surface area contributed by atoms with Gasteiger partial charge in [0.25, 0.3) is 18.3 Å². The molecule has 48 heavy (non-hydrogen) atoms. The molecule has 10 nitrogen and oxygen atoms in total. The van der Waals surface area contributed by atoms with E-state index in [0.29, 0.717) is 11.1 Å². The fraction of sp³-hybridized carbons (Fsp3) is 0.455. The molecule has 1 saturated carbocycles. The number of esters is 1. The molecule has 15 heteroatoms. The van der Waals surface area contributed by atoms with Crippen molar-refractivity contribution in [1.29, 1.82) is 5.26 Å². The Balaban J connectivity index is 1.58. The minimum atomic E-state index is -3.10. The number of alkyl halides is 4. The molecule has 1 aromatic heterocycles. The van der Waals surface area contributed by atoms with Crippen molar-refractivity contribution in [2.45, 2.75) is 77.3 Å². The summed E-state index contributed by atoms with van der Waals surface area (Å²) in [6, 6.07) is 11.5. The van der Waals surface area contributed by atoms with Gasteiger partial charge in [0.05, 0.1) is 34.8 Å². The predicted molar refractivity (Wildman–Crippen MR) is 167 cm³/mol. The Morgan fingerprint density at radius 3 is 2.38 bits per heavy atom. The van der Waals surface area contributed by atoms with Crippen molar-refractivity contribution in [3.8, 4) is 11.8 Å². The highest BCUT2D eigenvalue weighted by Crippen LogP contribution is 2.59. The number of rotatable bonds is 11. The molecule has 0 bridgehead atoms. The lowest BCUT2D eigenvalue weighted by Gasteiger charge is -2.35. The molecule has 2 aromatic carbocycles. The molecule has 1 fully saturated rings. The zero-order valence-corrected chi connectivity index (χ0v) is 27.4. The van der Waals surface area contributed by atoms with Crippen molar-refractivity contribution in [3.05, 3.63) is 76.3 Å². The minimum absolute atomic E-state index is 0.00365. The van der Waals surface area contributed by atoms with Crippen LogP contribution in [0.15, 0.2) is 53.8 Å². The Bertz CT molecular complexity index is 1790. The first-order valence-corrected chi connectivity index (χ1v) is 15.5. The fourth-order valence-electron chi connectivity index (χ4n) is 6.12. The first-order chi connectivity index (χ1) is 22.4. The number of halogens is 5. The molecule has 254 valence electrons. The summed E-state index contributed by atoms with van der Waals surface area (Å²) >= 11 is 6.42. The third-order valence-corrected chi connectivity index (χ3v) is 9.06. The van der Waals surface area contributed by atoms with Crippen molar-refractivity contribution in [2.24, 2.45) is 21.6 Å². The Morgan fingerprint density at radius 2 is 1.81 bits per heavy atom. The van der Waals surface area contributed by atoms with Crippen LogP contribution in [0.1, 0.15) is 88.4 Å². The molecule has 0 spiro atoms. The summed E-state index contributed by atoms with van der Waals surface area (Å²) in [4.78, 5) is 37.2. The van der Waals surface area contributed by atoms with E-state index in [4.69, 9.17) is 27.1 Å². The molecule has 1 aliphatic heterocycles. The van der Waals surface area contributed by atoms with Gasteiger partial charge < -0.3 is 10.5 Å². The summed E-state index contributed by atoms with van der Waals surface area (Å²) in [5.41, 5.74) is 4.05. The van der Waals surface area contributed by atoms with E-state index in [2.05, 4.69) is 10.1 Å². The molecule has 3 aromatic rings. The number of guanidine groups is 1. The molecule has 1 amide bonds. The van der Waals surface area contributed by atoms with Crippen LogP contribution < -0.4 is 5.73 Å². The largest absolute Gasteiger partial charge is 0.463 e. The quantitative estimate of drug-likeness (QED) is 0.176. The van der Waals surface area contributed by atoms with Gasteiger partial charge in [-0.05, 0) is 67.0 Å². The number of nitriles is 1. The van der Waals surface area contributed by atoms with Gasteiger partial charge in [0.15, 0.2) is 17.3 Å². The van der Waals surface area contributed by atoms with Crippen LogP contribution in [0.4, 0.5) is 17.6 Å². The van der Waals surface area contributed by atoms with E-state index >= 15 is 0 Å². The summed E-state index contributed by atoms with van der Waals surface area (Å²) in [5.74, 6) is -5.49. The van der Waals surface area contributed by atoms with Crippen molar-refractivity contribution in [2.75, 3.05) is 6.61 Å². The summed E-state index contributed by atoms with van der Waals surface area (Å²) in [5, 5.41) is 13.3. The van der Waals surface area contributed by atoms with Gasteiger partial charge in [-0.3, -0.25) is 14.5 Å². The molecule has 2 aliphatic rings. The third kappa shape index (κ3) is 6.60. The van der Waals surface area contributed by atoms with Crippen LogP contribution in [0, 0.1) is 22.2 Å². The molecule has 2 N–H and O–H groups in total. The Morgan fingerprint density at radius 1 is 1.15 bits per heavy atom. The van der Waals surface area contributed by atoms with Gasteiger partial charge in [-0.1, -0.05) is 50.6 Å². The van der Waals surface area contributed by atoms with E-state index in [1.807, 2.05) is 26.8 Å². The van der Waals surface area contributed by atoms with Crippen LogP contribution in [0.25, 0.3) is 5.69 Å². The molecule has 5 rings (SSSR count). The lowest BCUT2D eigenvalue weighted by molar-refractivity contribution is -0.153. The highest BCUT2D eigenvalue weighted by atomic mass is 35.5. The molecule has 2 heterocycles.